The summed E-state index contributed by atoms with van der Waals surface area (Å²) >= 11 is 1.58. The lowest BCUT2D eigenvalue weighted by molar-refractivity contribution is -0.104. The molecular formula is C14H14O2S. The van der Waals surface area contributed by atoms with Gasteiger partial charge in [0.25, 0.3) is 0 Å². The van der Waals surface area contributed by atoms with E-state index in [1.807, 2.05) is 24.3 Å². The van der Waals surface area contributed by atoms with Gasteiger partial charge in [0.2, 0.25) is 0 Å². The van der Waals surface area contributed by atoms with Crippen LogP contribution >= 0.6 is 11.8 Å². The molecule has 1 aromatic carbocycles. The summed E-state index contributed by atoms with van der Waals surface area (Å²) in [7, 11) is 1.67. The van der Waals surface area contributed by atoms with Crippen molar-refractivity contribution in [3.05, 3.63) is 52.5 Å². The maximum Gasteiger partial charge on any atom is 0.156 e. The number of hydrogen-bond donors (Lipinski definition) is 0. The normalized spacial score (nSPS) is 14.9. The van der Waals surface area contributed by atoms with Crippen molar-refractivity contribution in [2.75, 3.05) is 12.9 Å². The lowest BCUT2D eigenvalue weighted by Gasteiger charge is -2.10. The van der Waals surface area contributed by atoms with E-state index in [1.165, 1.54) is 11.1 Å². The van der Waals surface area contributed by atoms with Crippen molar-refractivity contribution < 1.29 is 9.53 Å². The van der Waals surface area contributed by atoms with E-state index in [4.69, 9.17) is 4.74 Å². The third-order valence-electron chi connectivity index (χ3n) is 2.58. The van der Waals surface area contributed by atoms with Crippen LogP contribution in [0.15, 0.2) is 46.9 Å². The first-order chi connectivity index (χ1) is 8.31. The predicted octanol–water partition coefficient (Wildman–Crippen LogP) is 2.99. The Bertz CT molecular complexity index is 475. The number of hydrogen-bond acceptors (Lipinski definition) is 3. The highest BCUT2D eigenvalue weighted by atomic mass is 32.2. The Labute approximate surface area is 105 Å². The minimum absolute atomic E-state index is 0.811. The van der Waals surface area contributed by atoms with Gasteiger partial charge in [-0.25, -0.2) is 0 Å². The lowest BCUT2D eigenvalue weighted by Crippen LogP contribution is -1.96. The van der Waals surface area contributed by atoms with E-state index in [9.17, 15) is 4.79 Å². The highest BCUT2D eigenvalue weighted by Gasteiger charge is 2.06. The number of carbonyl (C=O) groups excluding carboxylic acids is 1. The van der Waals surface area contributed by atoms with Crippen LogP contribution in [-0.4, -0.2) is 19.1 Å². The lowest BCUT2D eigenvalue weighted by atomic mass is 10.0. The molecule has 0 saturated heterocycles. The van der Waals surface area contributed by atoms with Gasteiger partial charge in [-0.1, -0.05) is 18.2 Å². The molecule has 2 nitrogen and oxygen atoms in total. The maximum absolute atomic E-state index is 10.7. The molecule has 0 fully saturated rings. The summed E-state index contributed by atoms with van der Waals surface area (Å²) in [4.78, 5) is 11.5. The third-order valence-corrected chi connectivity index (χ3v) is 3.46. The van der Waals surface area contributed by atoms with Gasteiger partial charge in [0.1, 0.15) is 5.75 Å². The highest BCUT2D eigenvalue weighted by molar-refractivity contribution is 8.04. The van der Waals surface area contributed by atoms with Crippen molar-refractivity contribution in [2.24, 2.45) is 0 Å². The fraction of sp³-hybridized carbons (Fsp3) is 0.214. The molecule has 2 rings (SSSR count). The molecule has 1 aromatic rings. The number of thioether (sulfide) groups is 1. The van der Waals surface area contributed by atoms with Crippen LogP contribution in [0.5, 0.6) is 5.75 Å². The van der Waals surface area contributed by atoms with Gasteiger partial charge in [0.05, 0.1) is 7.11 Å². The van der Waals surface area contributed by atoms with Crippen molar-refractivity contribution >= 4 is 18.0 Å². The zero-order valence-corrected chi connectivity index (χ0v) is 10.5. The molecule has 0 spiro atoms. The Morgan fingerprint density at radius 3 is 3.12 bits per heavy atom. The van der Waals surface area contributed by atoms with Gasteiger partial charge in [-0.3, -0.25) is 4.79 Å². The van der Waals surface area contributed by atoms with Crippen molar-refractivity contribution in [3.8, 4) is 5.75 Å². The quantitative estimate of drug-likeness (QED) is 0.764. The number of carbonyl (C=O) groups is 1. The van der Waals surface area contributed by atoms with Gasteiger partial charge >= 0.3 is 0 Å². The van der Waals surface area contributed by atoms with E-state index in [2.05, 4.69) is 12.1 Å². The average Bonchev–Trinajstić information content (AvgIpc) is 2.39. The molecule has 0 atom stereocenters. The predicted molar refractivity (Wildman–Crippen MR) is 71.4 cm³/mol. The molecule has 17 heavy (non-hydrogen) atoms. The second-order valence-corrected chi connectivity index (χ2v) is 4.88. The molecule has 0 aliphatic carbocycles. The van der Waals surface area contributed by atoms with Gasteiger partial charge in [-0.05, 0) is 35.8 Å². The minimum Gasteiger partial charge on any atom is -0.497 e. The molecule has 3 heteroatoms. The number of aldehydes is 1. The van der Waals surface area contributed by atoms with E-state index in [0.29, 0.717) is 0 Å². The Balaban J connectivity index is 2.13. The fourth-order valence-corrected chi connectivity index (χ4v) is 2.53. The summed E-state index contributed by atoms with van der Waals surface area (Å²) in [6, 6.07) is 8.01. The van der Waals surface area contributed by atoms with Gasteiger partial charge < -0.3 is 4.74 Å². The number of rotatable bonds is 4. The molecule has 0 N–H and O–H groups in total. The molecule has 88 valence electrons. The van der Waals surface area contributed by atoms with Gasteiger partial charge in [-0.2, -0.15) is 0 Å². The van der Waals surface area contributed by atoms with Crippen LogP contribution in [-0.2, 0) is 11.2 Å². The average molecular weight is 246 g/mol. The summed E-state index contributed by atoms with van der Waals surface area (Å²) in [6.07, 6.45) is 5.89. The second-order valence-electron chi connectivity index (χ2n) is 3.78. The van der Waals surface area contributed by atoms with Crippen LogP contribution in [0.25, 0.3) is 0 Å². The Morgan fingerprint density at radius 2 is 2.35 bits per heavy atom. The first kappa shape index (κ1) is 12.0. The fourth-order valence-electron chi connectivity index (χ4n) is 1.74. The Hall–Kier alpha value is -1.48. The van der Waals surface area contributed by atoms with Crippen molar-refractivity contribution in [2.45, 2.75) is 6.42 Å². The van der Waals surface area contributed by atoms with Gasteiger partial charge in [0, 0.05) is 10.7 Å². The number of ether oxygens (including phenoxy) is 1. The van der Waals surface area contributed by atoms with E-state index in [-0.39, 0.29) is 0 Å². The zero-order chi connectivity index (χ0) is 12.1. The van der Waals surface area contributed by atoms with Crippen LogP contribution in [0.2, 0.25) is 0 Å². The molecular weight excluding hydrogens is 232 g/mol. The first-order valence-electron chi connectivity index (χ1n) is 5.43. The minimum atomic E-state index is 0.811. The summed E-state index contributed by atoms with van der Waals surface area (Å²) in [6.45, 7) is 0. The van der Waals surface area contributed by atoms with Crippen LogP contribution < -0.4 is 4.74 Å². The Morgan fingerprint density at radius 1 is 1.47 bits per heavy atom. The summed E-state index contributed by atoms with van der Waals surface area (Å²) < 4.78 is 5.19. The van der Waals surface area contributed by atoms with E-state index >= 15 is 0 Å². The number of benzene rings is 1. The van der Waals surface area contributed by atoms with Gasteiger partial charge in [-0.15, -0.1) is 11.8 Å². The van der Waals surface area contributed by atoms with E-state index in [1.54, 1.807) is 18.9 Å². The molecule has 0 radical (unpaired) electrons. The van der Waals surface area contributed by atoms with Gasteiger partial charge in [0.15, 0.2) is 6.29 Å². The molecule has 1 aliphatic heterocycles. The second kappa shape index (κ2) is 5.73. The SMILES string of the molecule is COc1cccc(CC2=CCSC(C=O)=C2)c1. The molecule has 0 saturated carbocycles. The molecule has 1 heterocycles. The topological polar surface area (TPSA) is 26.3 Å². The van der Waals surface area contributed by atoms with Crippen molar-refractivity contribution in [1.82, 2.24) is 0 Å². The number of allylic oxidation sites excluding steroid dienone is 3. The molecule has 0 amide bonds. The Kier molecular flexibility index (Phi) is 4.04. The molecule has 0 unspecified atom stereocenters. The summed E-state index contributed by atoms with van der Waals surface area (Å²) in [5.74, 6) is 1.75. The summed E-state index contributed by atoms with van der Waals surface area (Å²) in [5, 5.41) is 0. The monoisotopic (exact) mass is 246 g/mol. The molecule has 0 bridgehead atoms. The maximum atomic E-state index is 10.7. The largest absolute Gasteiger partial charge is 0.497 e. The van der Waals surface area contributed by atoms with Crippen LogP contribution in [0.4, 0.5) is 0 Å². The van der Waals surface area contributed by atoms with Crippen molar-refractivity contribution in [1.29, 1.82) is 0 Å². The number of methoxy groups -OCH3 is 1. The summed E-state index contributed by atoms with van der Waals surface area (Å²) in [5.41, 5.74) is 2.39. The van der Waals surface area contributed by atoms with E-state index < -0.39 is 0 Å². The highest BCUT2D eigenvalue weighted by Crippen LogP contribution is 2.24. The van der Waals surface area contributed by atoms with Crippen LogP contribution in [0, 0.1) is 0 Å². The van der Waals surface area contributed by atoms with Crippen LogP contribution in [0.1, 0.15) is 5.56 Å². The van der Waals surface area contributed by atoms with Crippen molar-refractivity contribution in [3.63, 3.8) is 0 Å². The smallest absolute Gasteiger partial charge is 0.156 e. The third kappa shape index (κ3) is 3.24. The zero-order valence-electron chi connectivity index (χ0n) is 9.68. The van der Waals surface area contributed by atoms with Crippen LogP contribution in [0.3, 0.4) is 0 Å². The standard InChI is InChI=1S/C14H14O2S/c1-16-13-4-2-3-11(8-13)7-12-5-6-17-14(9-12)10-15/h2-5,8-10H,6-7H2,1H3. The molecule has 0 aromatic heterocycles. The first-order valence-corrected chi connectivity index (χ1v) is 6.42. The van der Waals surface area contributed by atoms with E-state index in [0.717, 1.165) is 29.1 Å². The molecule has 1 aliphatic rings.